The van der Waals surface area contributed by atoms with Gasteiger partial charge in [0.05, 0.1) is 12.6 Å². The van der Waals surface area contributed by atoms with Crippen LogP contribution < -0.4 is 4.57 Å². The molecule has 0 atom stereocenters. The number of rotatable bonds is 3. The summed E-state index contributed by atoms with van der Waals surface area (Å²) in [6.45, 7) is 4.38. The lowest BCUT2D eigenvalue weighted by Gasteiger charge is -2.11. The van der Waals surface area contributed by atoms with Crippen molar-refractivity contribution in [1.82, 2.24) is 4.57 Å². The molecule has 6 rings (SSSR count). The van der Waals surface area contributed by atoms with Crippen LogP contribution in [0.5, 0.6) is 0 Å². The van der Waals surface area contributed by atoms with Gasteiger partial charge in [0.25, 0.3) is 5.82 Å². The highest BCUT2D eigenvalue weighted by atomic mass is 15.2. The molecule has 0 amide bonds. The molecule has 0 fully saturated rings. The first-order valence-electron chi connectivity index (χ1n) is 11.8. The molecule has 2 heteroatoms. The molecule has 164 valence electrons. The average Bonchev–Trinajstić information content (AvgIpc) is 3.15. The summed E-state index contributed by atoms with van der Waals surface area (Å²) >= 11 is 0. The number of hydrogen-bond acceptors (Lipinski definition) is 0. The number of hydrogen-bond donors (Lipinski definition) is 0. The van der Waals surface area contributed by atoms with Crippen LogP contribution >= 0.6 is 0 Å². The third-order valence-corrected chi connectivity index (χ3v) is 6.86. The highest BCUT2D eigenvalue weighted by Crippen LogP contribution is 2.34. The second-order valence-corrected chi connectivity index (χ2v) is 9.10. The maximum Gasteiger partial charge on any atom is 0.295 e. The van der Waals surface area contributed by atoms with Crippen molar-refractivity contribution in [3.63, 3.8) is 0 Å². The van der Waals surface area contributed by atoms with Gasteiger partial charge in [-0.3, -0.25) is 0 Å². The van der Waals surface area contributed by atoms with E-state index in [9.17, 15) is 0 Å². The molecule has 0 aliphatic rings. The van der Waals surface area contributed by atoms with Crippen molar-refractivity contribution < 1.29 is 4.57 Å². The molecular formula is C32H27N2+. The number of aromatic nitrogens is 2. The molecule has 0 radical (unpaired) electrons. The van der Waals surface area contributed by atoms with Gasteiger partial charge in [-0.2, -0.15) is 4.57 Å². The van der Waals surface area contributed by atoms with Crippen LogP contribution in [0.15, 0.2) is 109 Å². The Balaban J connectivity index is 1.73. The Morgan fingerprint density at radius 1 is 0.647 bits per heavy atom. The van der Waals surface area contributed by atoms with Crippen LogP contribution in [0.4, 0.5) is 0 Å². The SMILES string of the molecule is Cc1ccc2c(c1)n(-c1cccc3ccccc13)c(-c1cc(-c3ccccc3)ccc1C)[n+]2C. The molecule has 0 aliphatic heterocycles. The minimum atomic E-state index is 1.19. The van der Waals surface area contributed by atoms with E-state index >= 15 is 0 Å². The van der Waals surface area contributed by atoms with E-state index in [1.165, 1.54) is 61.1 Å². The second kappa shape index (κ2) is 8.00. The highest BCUT2D eigenvalue weighted by molar-refractivity contribution is 5.93. The molecule has 1 aromatic heterocycles. The van der Waals surface area contributed by atoms with Crippen LogP contribution in [-0.2, 0) is 7.05 Å². The topological polar surface area (TPSA) is 8.81 Å². The van der Waals surface area contributed by atoms with Crippen LogP contribution in [-0.4, -0.2) is 4.57 Å². The van der Waals surface area contributed by atoms with E-state index in [0.717, 1.165) is 0 Å². The fraction of sp³-hybridized carbons (Fsp3) is 0.0938. The molecule has 6 aromatic rings. The maximum absolute atomic E-state index is 2.45. The van der Waals surface area contributed by atoms with E-state index in [-0.39, 0.29) is 0 Å². The smallest absolute Gasteiger partial charge is 0.225 e. The first-order chi connectivity index (χ1) is 16.6. The zero-order chi connectivity index (χ0) is 23.2. The van der Waals surface area contributed by atoms with Crippen LogP contribution in [0, 0.1) is 13.8 Å². The second-order valence-electron chi connectivity index (χ2n) is 9.10. The van der Waals surface area contributed by atoms with Gasteiger partial charge in [0.1, 0.15) is 5.69 Å². The standard InChI is InChI=1S/C32H27N2/c1-22-16-19-30-31(20-22)34(29-15-9-13-25-12-7-8-14-27(25)29)32(33(30)3)28-21-26(18-17-23(28)2)24-10-5-4-6-11-24/h4-21H,1-3H3/q+1. The molecule has 0 N–H and O–H groups in total. The van der Waals surface area contributed by atoms with Gasteiger partial charge in [0.2, 0.25) is 0 Å². The average molecular weight is 440 g/mol. The normalized spacial score (nSPS) is 11.4. The van der Waals surface area contributed by atoms with Gasteiger partial charge in [-0.1, -0.05) is 84.9 Å². The number of fused-ring (bicyclic) bond motifs is 2. The van der Waals surface area contributed by atoms with Gasteiger partial charge in [-0.05, 0) is 65.8 Å². The fourth-order valence-electron chi connectivity index (χ4n) is 5.10. The van der Waals surface area contributed by atoms with E-state index in [1.54, 1.807) is 0 Å². The van der Waals surface area contributed by atoms with E-state index in [4.69, 9.17) is 0 Å². The minimum absolute atomic E-state index is 1.19. The van der Waals surface area contributed by atoms with Crippen LogP contribution in [0.3, 0.4) is 0 Å². The van der Waals surface area contributed by atoms with Crippen LogP contribution in [0.25, 0.3) is 50.0 Å². The first-order valence-corrected chi connectivity index (χ1v) is 11.8. The molecule has 2 nitrogen and oxygen atoms in total. The maximum atomic E-state index is 2.45. The van der Waals surface area contributed by atoms with Crippen molar-refractivity contribution in [3.05, 3.63) is 120 Å². The van der Waals surface area contributed by atoms with E-state index in [0.29, 0.717) is 0 Å². The molecule has 34 heavy (non-hydrogen) atoms. The van der Waals surface area contributed by atoms with E-state index < -0.39 is 0 Å². The Kier molecular flexibility index (Phi) is 4.81. The van der Waals surface area contributed by atoms with Crippen molar-refractivity contribution >= 4 is 21.8 Å². The lowest BCUT2D eigenvalue weighted by atomic mass is 9.99. The number of imidazole rings is 1. The molecule has 0 saturated carbocycles. The van der Waals surface area contributed by atoms with Gasteiger partial charge in [0, 0.05) is 5.39 Å². The lowest BCUT2D eigenvalue weighted by molar-refractivity contribution is -0.633. The molecule has 0 unspecified atom stereocenters. The number of nitrogens with zero attached hydrogens (tertiary/aromatic N) is 2. The molecule has 0 bridgehead atoms. The molecule has 1 heterocycles. The Morgan fingerprint density at radius 2 is 1.41 bits per heavy atom. The molecular weight excluding hydrogens is 412 g/mol. The van der Waals surface area contributed by atoms with E-state index in [1.807, 2.05) is 0 Å². The Hall–Kier alpha value is -4.17. The summed E-state index contributed by atoms with van der Waals surface area (Å²) in [5.74, 6) is 1.19. The Morgan fingerprint density at radius 3 is 2.26 bits per heavy atom. The predicted octanol–water partition coefficient (Wildman–Crippen LogP) is 7.56. The number of aryl methyl sites for hydroxylation is 3. The Labute approximate surface area is 200 Å². The first kappa shape index (κ1) is 20.4. The largest absolute Gasteiger partial charge is 0.295 e. The van der Waals surface area contributed by atoms with Crippen molar-refractivity contribution in [2.24, 2.45) is 7.05 Å². The lowest BCUT2D eigenvalue weighted by Crippen LogP contribution is -2.30. The third kappa shape index (κ3) is 3.22. The van der Waals surface area contributed by atoms with Crippen molar-refractivity contribution in [2.75, 3.05) is 0 Å². The summed E-state index contributed by atoms with van der Waals surface area (Å²) in [5, 5.41) is 2.50. The fourth-order valence-corrected chi connectivity index (χ4v) is 5.10. The summed E-state index contributed by atoms with van der Waals surface area (Å²) < 4.78 is 4.79. The van der Waals surface area contributed by atoms with Gasteiger partial charge in [-0.25, -0.2) is 4.57 Å². The zero-order valence-electron chi connectivity index (χ0n) is 19.8. The predicted molar refractivity (Wildman–Crippen MR) is 142 cm³/mol. The highest BCUT2D eigenvalue weighted by Gasteiger charge is 2.28. The van der Waals surface area contributed by atoms with Crippen molar-refractivity contribution in [3.8, 4) is 28.2 Å². The zero-order valence-corrected chi connectivity index (χ0v) is 19.8. The quantitative estimate of drug-likeness (QED) is 0.252. The summed E-state index contributed by atoms with van der Waals surface area (Å²) in [6.07, 6.45) is 0. The minimum Gasteiger partial charge on any atom is -0.225 e. The van der Waals surface area contributed by atoms with Crippen molar-refractivity contribution in [2.45, 2.75) is 13.8 Å². The summed E-state index contributed by atoms with van der Waals surface area (Å²) in [4.78, 5) is 0. The van der Waals surface area contributed by atoms with Crippen LogP contribution in [0.1, 0.15) is 11.1 Å². The van der Waals surface area contributed by atoms with Crippen LogP contribution in [0.2, 0.25) is 0 Å². The van der Waals surface area contributed by atoms with Gasteiger partial charge < -0.3 is 0 Å². The molecule has 5 aromatic carbocycles. The van der Waals surface area contributed by atoms with Gasteiger partial charge >= 0.3 is 0 Å². The van der Waals surface area contributed by atoms with Gasteiger partial charge in [-0.15, -0.1) is 0 Å². The Bertz CT molecular complexity index is 1670. The monoisotopic (exact) mass is 439 g/mol. The molecule has 0 aliphatic carbocycles. The summed E-state index contributed by atoms with van der Waals surface area (Å²) in [7, 11) is 2.18. The van der Waals surface area contributed by atoms with Crippen molar-refractivity contribution in [1.29, 1.82) is 0 Å². The van der Waals surface area contributed by atoms with E-state index in [2.05, 4.69) is 139 Å². The molecule has 0 saturated heterocycles. The number of benzene rings is 5. The van der Waals surface area contributed by atoms with Gasteiger partial charge in [0.15, 0.2) is 11.0 Å². The molecule has 0 spiro atoms. The summed E-state index contributed by atoms with van der Waals surface area (Å²) in [6, 6.07) is 39.4. The summed E-state index contributed by atoms with van der Waals surface area (Å²) in [5.41, 5.74) is 9.86. The third-order valence-electron chi connectivity index (χ3n) is 6.86.